The van der Waals surface area contributed by atoms with Crippen LogP contribution in [0.5, 0.6) is 11.5 Å². The van der Waals surface area contributed by atoms with E-state index >= 15 is 0 Å². The number of methoxy groups -OCH3 is 2. The van der Waals surface area contributed by atoms with Gasteiger partial charge in [0, 0.05) is 29.6 Å². The maximum Gasteiger partial charge on any atom is 0.237 e. The van der Waals surface area contributed by atoms with Crippen molar-refractivity contribution in [3.05, 3.63) is 47.5 Å². The summed E-state index contributed by atoms with van der Waals surface area (Å²) in [6, 6.07) is 12.8. The molecule has 0 unspecified atom stereocenters. The third kappa shape index (κ3) is 4.18. The number of H-pyrrole nitrogens is 1. The lowest BCUT2D eigenvalue weighted by atomic mass is 9.87. The number of alkyl halides is 1. The number of nitrogens with zero attached hydrogens (tertiary/aromatic N) is 1. The van der Waals surface area contributed by atoms with Gasteiger partial charge < -0.3 is 19.4 Å². The molecule has 1 aliphatic rings. The molecule has 2 heterocycles. The van der Waals surface area contributed by atoms with E-state index in [9.17, 15) is 4.79 Å². The van der Waals surface area contributed by atoms with Gasteiger partial charge in [-0.2, -0.15) is 0 Å². The van der Waals surface area contributed by atoms with Crippen LogP contribution in [0.2, 0.25) is 0 Å². The van der Waals surface area contributed by atoms with Crippen molar-refractivity contribution in [3.8, 4) is 22.8 Å². The number of likely N-dealkylation sites (tertiary alicyclic amines) is 1. The molecule has 1 aromatic heterocycles. The first-order chi connectivity index (χ1) is 15.5. The molecule has 1 saturated heterocycles. The molecule has 1 fully saturated rings. The van der Waals surface area contributed by atoms with Gasteiger partial charge in [-0.1, -0.05) is 19.9 Å². The van der Waals surface area contributed by atoms with E-state index in [2.05, 4.69) is 43.1 Å². The molecule has 0 bridgehead atoms. The summed E-state index contributed by atoms with van der Waals surface area (Å²) in [6.45, 7) is 6.01. The zero-order valence-electron chi connectivity index (χ0n) is 19.2. The Morgan fingerprint density at radius 2 is 1.81 bits per heavy atom. The Kier molecular flexibility index (Phi) is 6.66. The Labute approximate surface area is 194 Å². The van der Waals surface area contributed by atoms with E-state index < -0.39 is 0 Å². The fraction of sp³-hybridized carbons (Fsp3) is 0.423. The number of rotatable bonds is 6. The van der Waals surface area contributed by atoms with Gasteiger partial charge in [0.15, 0.2) is 11.5 Å². The highest BCUT2D eigenvalue weighted by molar-refractivity contribution is 6.27. The van der Waals surface area contributed by atoms with Crippen LogP contribution in [0.4, 0.5) is 0 Å². The Bertz CT molecular complexity index is 1110. The van der Waals surface area contributed by atoms with Crippen LogP contribution < -0.4 is 9.47 Å². The largest absolute Gasteiger partial charge is 0.493 e. The minimum atomic E-state index is 0.0351. The van der Waals surface area contributed by atoms with Crippen LogP contribution in [0.15, 0.2) is 36.4 Å². The van der Waals surface area contributed by atoms with Gasteiger partial charge in [-0.05, 0) is 66.1 Å². The molecule has 0 saturated carbocycles. The van der Waals surface area contributed by atoms with E-state index in [0.29, 0.717) is 11.8 Å². The lowest BCUT2D eigenvalue weighted by Crippen LogP contribution is -2.38. The third-order valence-corrected chi connectivity index (χ3v) is 6.77. The predicted octanol–water partition coefficient (Wildman–Crippen LogP) is 5.92. The lowest BCUT2D eigenvalue weighted by Gasteiger charge is -2.32. The molecule has 0 atom stereocenters. The van der Waals surface area contributed by atoms with Gasteiger partial charge in [0.25, 0.3) is 0 Å². The summed E-state index contributed by atoms with van der Waals surface area (Å²) in [5, 5.41) is 1.27. The van der Waals surface area contributed by atoms with Crippen molar-refractivity contribution < 1.29 is 14.3 Å². The first-order valence-corrected chi connectivity index (χ1v) is 11.7. The summed E-state index contributed by atoms with van der Waals surface area (Å²) in [4.78, 5) is 17.4. The van der Waals surface area contributed by atoms with Crippen LogP contribution >= 0.6 is 11.6 Å². The highest BCUT2D eigenvalue weighted by Crippen LogP contribution is 2.40. The number of ether oxygens (including phenoxy) is 2. The smallest absolute Gasteiger partial charge is 0.237 e. The van der Waals surface area contributed by atoms with Crippen molar-refractivity contribution in [1.82, 2.24) is 9.88 Å². The van der Waals surface area contributed by atoms with Crippen LogP contribution in [-0.2, 0) is 4.79 Å². The van der Waals surface area contributed by atoms with Crippen LogP contribution in [0.25, 0.3) is 22.2 Å². The topological polar surface area (TPSA) is 54.6 Å². The maximum absolute atomic E-state index is 11.9. The molecule has 0 aliphatic carbocycles. The Morgan fingerprint density at radius 3 is 2.44 bits per heavy atom. The first-order valence-electron chi connectivity index (χ1n) is 11.2. The minimum absolute atomic E-state index is 0.0351. The van der Waals surface area contributed by atoms with E-state index in [1.807, 2.05) is 17.0 Å². The molecule has 1 aliphatic heterocycles. The van der Waals surface area contributed by atoms with Crippen molar-refractivity contribution in [3.63, 3.8) is 0 Å². The van der Waals surface area contributed by atoms with Gasteiger partial charge in [0.05, 0.1) is 19.9 Å². The Morgan fingerprint density at radius 1 is 1.09 bits per heavy atom. The summed E-state index contributed by atoms with van der Waals surface area (Å²) < 4.78 is 10.9. The van der Waals surface area contributed by atoms with Crippen LogP contribution in [0, 0.1) is 0 Å². The van der Waals surface area contributed by atoms with Crippen molar-refractivity contribution in [2.45, 2.75) is 38.5 Å². The van der Waals surface area contributed by atoms with Crippen molar-refractivity contribution in [2.24, 2.45) is 0 Å². The van der Waals surface area contributed by atoms with E-state index in [-0.39, 0.29) is 11.8 Å². The van der Waals surface area contributed by atoms with Crippen molar-refractivity contribution >= 4 is 28.4 Å². The fourth-order valence-corrected chi connectivity index (χ4v) is 5.02. The van der Waals surface area contributed by atoms with Crippen LogP contribution in [-0.4, -0.2) is 49.0 Å². The number of piperidine rings is 1. The van der Waals surface area contributed by atoms with E-state index in [0.717, 1.165) is 54.2 Å². The lowest BCUT2D eigenvalue weighted by molar-refractivity contribution is -0.129. The average Bonchev–Trinajstić information content (AvgIpc) is 3.22. The number of aromatic amines is 1. The summed E-state index contributed by atoms with van der Waals surface area (Å²) >= 11 is 5.73. The molecular weight excluding hydrogens is 424 g/mol. The van der Waals surface area contributed by atoms with Crippen LogP contribution in [0.3, 0.4) is 0 Å². The molecule has 3 aromatic rings. The highest BCUT2D eigenvalue weighted by Gasteiger charge is 2.25. The number of aromatic nitrogens is 1. The minimum Gasteiger partial charge on any atom is -0.493 e. The summed E-state index contributed by atoms with van der Waals surface area (Å²) in [6.07, 6.45) is 1.94. The standard InChI is InChI=1S/C26H31ClN2O3/c1-16(2)25-20-13-18(17-9-11-29(12-10-17)24(30)15-27)5-7-21(20)28-26(25)19-6-8-22(31-3)23(14-19)32-4/h5-8,13-14,16-17,28H,9-12,15H2,1-4H3. The first kappa shape index (κ1) is 22.5. The van der Waals surface area contributed by atoms with Gasteiger partial charge >= 0.3 is 0 Å². The zero-order valence-corrected chi connectivity index (χ0v) is 20.0. The molecule has 32 heavy (non-hydrogen) atoms. The second kappa shape index (κ2) is 9.45. The average molecular weight is 455 g/mol. The number of hydrogen-bond donors (Lipinski definition) is 1. The monoisotopic (exact) mass is 454 g/mol. The fourth-order valence-electron chi connectivity index (χ4n) is 4.85. The van der Waals surface area contributed by atoms with Gasteiger partial charge in [-0.3, -0.25) is 4.79 Å². The SMILES string of the molecule is COc1ccc(-c2[nH]c3ccc(C4CCN(C(=O)CCl)CC4)cc3c2C(C)C)cc1OC. The second-order valence-electron chi connectivity index (χ2n) is 8.73. The Balaban J connectivity index is 1.70. The van der Waals surface area contributed by atoms with Gasteiger partial charge in [-0.15, -0.1) is 11.6 Å². The number of fused-ring (bicyclic) bond motifs is 1. The van der Waals surface area contributed by atoms with Gasteiger partial charge in [0.2, 0.25) is 5.91 Å². The summed E-state index contributed by atoms with van der Waals surface area (Å²) in [7, 11) is 3.31. The summed E-state index contributed by atoms with van der Waals surface area (Å²) in [5.74, 6) is 2.35. The van der Waals surface area contributed by atoms with Gasteiger partial charge in [-0.25, -0.2) is 0 Å². The van der Waals surface area contributed by atoms with Crippen LogP contribution in [0.1, 0.15) is 49.7 Å². The quantitative estimate of drug-likeness (QED) is 0.470. The highest BCUT2D eigenvalue weighted by atomic mass is 35.5. The molecule has 4 rings (SSSR count). The maximum atomic E-state index is 11.9. The third-order valence-electron chi connectivity index (χ3n) is 6.55. The zero-order chi connectivity index (χ0) is 22.8. The second-order valence-corrected chi connectivity index (χ2v) is 9.00. The normalized spacial score (nSPS) is 14.9. The molecular formula is C26H31ClN2O3. The molecule has 170 valence electrons. The van der Waals surface area contributed by atoms with Crippen molar-refractivity contribution in [1.29, 1.82) is 0 Å². The van der Waals surface area contributed by atoms with Crippen molar-refractivity contribution in [2.75, 3.05) is 33.2 Å². The Hall–Kier alpha value is -2.66. The number of benzene rings is 2. The summed E-state index contributed by atoms with van der Waals surface area (Å²) in [5.41, 5.74) is 5.99. The number of amides is 1. The van der Waals surface area contributed by atoms with Gasteiger partial charge in [0.1, 0.15) is 5.88 Å². The number of carbonyl (C=O) groups excluding carboxylic acids is 1. The number of halogens is 1. The molecule has 1 amide bonds. The molecule has 5 nitrogen and oxygen atoms in total. The number of nitrogens with one attached hydrogen (secondary N) is 1. The molecule has 0 radical (unpaired) electrons. The predicted molar refractivity (Wildman–Crippen MR) is 130 cm³/mol. The molecule has 6 heteroatoms. The molecule has 2 aromatic carbocycles. The number of carbonyl (C=O) groups is 1. The molecule has 1 N–H and O–H groups in total. The van der Waals surface area contributed by atoms with E-state index in [4.69, 9.17) is 21.1 Å². The number of hydrogen-bond acceptors (Lipinski definition) is 3. The van der Waals surface area contributed by atoms with E-state index in [1.165, 1.54) is 16.5 Å². The molecule has 0 spiro atoms. The van der Waals surface area contributed by atoms with E-state index in [1.54, 1.807) is 14.2 Å².